The summed E-state index contributed by atoms with van der Waals surface area (Å²) in [4.78, 5) is 2.40. The lowest BCUT2D eigenvalue weighted by Gasteiger charge is -2.34. The van der Waals surface area contributed by atoms with Gasteiger partial charge in [0.2, 0.25) is 0 Å². The second kappa shape index (κ2) is 5.98. The summed E-state index contributed by atoms with van der Waals surface area (Å²) < 4.78 is 0. The van der Waals surface area contributed by atoms with Gasteiger partial charge >= 0.3 is 0 Å². The molecule has 1 aliphatic rings. The number of anilines is 1. The van der Waals surface area contributed by atoms with Gasteiger partial charge in [-0.3, -0.25) is 0 Å². The number of hydrogen-bond acceptors (Lipinski definition) is 3. The van der Waals surface area contributed by atoms with Crippen molar-refractivity contribution in [1.82, 2.24) is 0 Å². The first-order valence-electron chi connectivity index (χ1n) is 6.09. The second-order valence-corrected chi connectivity index (χ2v) is 6.15. The van der Waals surface area contributed by atoms with E-state index in [1.165, 1.54) is 12.2 Å². The zero-order valence-electron chi connectivity index (χ0n) is 10.2. The highest BCUT2D eigenvalue weighted by molar-refractivity contribution is 8.00. The molecule has 0 radical (unpaired) electrons. The molecule has 1 unspecified atom stereocenters. The van der Waals surface area contributed by atoms with E-state index in [0.717, 1.165) is 34.6 Å². The van der Waals surface area contributed by atoms with Gasteiger partial charge in [0, 0.05) is 30.6 Å². The molecule has 94 valence electrons. The summed E-state index contributed by atoms with van der Waals surface area (Å²) in [5.74, 6) is 1.19. The molecule has 1 fully saturated rings. The molecule has 1 saturated heterocycles. The van der Waals surface area contributed by atoms with Crippen molar-refractivity contribution in [3.8, 4) is 0 Å². The first-order valence-corrected chi connectivity index (χ1v) is 7.52. The third-order valence-corrected chi connectivity index (χ3v) is 4.86. The first-order chi connectivity index (χ1) is 8.24. The molecule has 0 amide bonds. The fourth-order valence-corrected chi connectivity index (χ4v) is 3.62. The molecule has 2 rings (SSSR count). The normalized spacial score (nSPS) is 20.6. The molecule has 4 heteroatoms. The average Bonchev–Trinajstić information content (AvgIpc) is 2.38. The van der Waals surface area contributed by atoms with E-state index >= 15 is 0 Å². The standard InChI is InChI=1S/C13H19ClN2S/c1-2-11-9-16(5-6-17-11)13-4-3-10(8-15)7-12(13)14/h3-4,7,11H,2,5-6,8-9,15H2,1H3. The molecule has 1 aliphatic heterocycles. The highest BCUT2D eigenvalue weighted by atomic mass is 35.5. The Morgan fingerprint density at radius 2 is 2.35 bits per heavy atom. The lowest BCUT2D eigenvalue weighted by Crippen LogP contribution is -2.37. The third-order valence-electron chi connectivity index (χ3n) is 3.18. The van der Waals surface area contributed by atoms with Crippen molar-refractivity contribution in [2.24, 2.45) is 5.73 Å². The number of benzene rings is 1. The van der Waals surface area contributed by atoms with Gasteiger partial charge in [-0.1, -0.05) is 24.6 Å². The largest absolute Gasteiger partial charge is 0.368 e. The Hall–Kier alpha value is -0.380. The first kappa shape index (κ1) is 13.1. The van der Waals surface area contributed by atoms with E-state index < -0.39 is 0 Å². The van der Waals surface area contributed by atoms with Crippen molar-refractivity contribution < 1.29 is 0 Å². The van der Waals surface area contributed by atoms with E-state index in [1.54, 1.807) is 0 Å². The van der Waals surface area contributed by atoms with Crippen molar-refractivity contribution in [3.05, 3.63) is 28.8 Å². The lowest BCUT2D eigenvalue weighted by molar-refractivity contribution is 0.728. The Morgan fingerprint density at radius 3 is 3.00 bits per heavy atom. The van der Waals surface area contributed by atoms with Crippen LogP contribution in [-0.4, -0.2) is 24.1 Å². The summed E-state index contributed by atoms with van der Waals surface area (Å²) in [5, 5.41) is 1.56. The molecule has 0 spiro atoms. The Balaban J connectivity index is 2.16. The van der Waals surface area contributed by atoms with Gasteiger partial charge in [-0.2, -0.15) is 11.8 Å². The van der Waals surface area contributed by atoms with E-state index in [-0.39, 0.29) is 0 Å². The summed E-state index contributed by atoms with van der Waals surface area (Å²) >= 11 is 8.40. The zero-order chi connectivity index (χ0) is 12.3. The van der Waals surface area contributed by atoms with Gasteiger partial charge in [0.05, 0.1) is 10.7 Å². The average molecular weight is 271 g/mol. The predicted molar refractivity (Wildman–Crippen MR) is 78.1 cm³/mol. The van der Waals surface area contributed by atoms with Crippen LogP contribution in [0.15, 0.2) is 18.2 Å². The Morgan fingerprint density at radius 1 is 1.53 bits per heavy atom. The molecule has 1 aromatic rings. The molecule has 0 aromatic heterocycles. The van der Waals surface area contributed by atoms with Gasteiger partial charge in [0.1, 0.15) is 0 Å². The topological polar surface area (TPSA) is 29.3 Å². The minimum atomic E-state index is 0.549. The molecule has 17 heavy (non-hydrogen) atoms. The maximum atomic E-state index is 6.33. The zero-order valence-corrected chi connectivity index (χ0v) is 11.7. The Labute approximate surface area is 113 Å². The molecule has 0 aliphatic carbocycles. The molecule has 0 bridgehead atoms. The van der Waals surface area contributed by atoms with Crippen molar-refractivity contribution in [3.63, 3.8) is 0 Å². The van der Waals surface area contributed by atoms with Gasteiger partial charge < -0.3 is 10.6 Å². The fraction of sp³-hybridized carbons (Fsp3) is 0.538. The summed E-state index contributed by atoms with van der Waals surface area (Å²) in [6.45, 7) is 4.99. The maximum absolute atomic E-state index is 6.33. The summed E-state index contributed by atoms with van der Waals surface area (Å²) in [6.07, 6.45) is 1.22. The van der Waals surface area contributed by atoms with Gasteiger partial charge in [-0.15, -0.1) is 0 Å². The van der Waals surface area contributed by atoms with Crippen LogP contribution < -0.4 is 10.6 Å². The molecule has 1 heterocycles. The SMILES string of the molecule is CCC1CN(c2ccc(CN)cc2Cl)CCS1. The summed E-state index contributed by atoms with van der Waals surface area (Å²) in [7, 11) is 0. The number of halogens is 1. The van der Waals surface area contributed by atoms with Crippen LogP contribution >= 0.6 is 23.4 Å². The van der Waals surface area contributed by atoms with Crippen LogP contribution in [0.4, 0.5) is 5.69 Å². The molecular weight excluding hydrogens is 252 g/mol. The van der Waals surface area contributed by atoms with Crippen LogP contribution in [-0.2, 0) is 6.54 Å². The number of nitrogens with two attached hydrogens (primary N) is 1. The van der Waals surface area contributed by atoms with Crippen LogP contribution in [0.5, 0.6) is 0 Å². The van der Waals surface area contributed by atoms with Crippen LogP contribution in [0, 0.1) is 0 Å². The molecule has 2 nitrogen and oxygen atoms in total. The molecule has 0 saturated carbocycles. The van der Waals surface area contributed by atoms with Crippen molar-refractivity contribution in [2.75, 3.05) is 23.7 Å². The molecular formula is C13H19ClN2S. The Bertz CT molecular complexity index is 384. The van der Waals surface area contributed by atoms with Crippen molar-refractivity contribution >= 4 is 29.1 Å². The predicted octanol–water partition coefficient (Wildman–Crippen LogP) is 3.13. The number of nitrogens with zero attached hydrogens (tertiary/aromatic N) is 1. The van der Waals surface area contributed by atoms with Crippen LogP contribution in [0.1, 0.15) is 18.9 Å². The van der Waals surface area contributed by atoms with E-state index in [1.807, 2.05) is 6.07 Å². The van der Waals surface area contributed by atoms with E-state index in [4.69, 9.17) is 17.3 Å². The molecule has 1 atom stereocenters. The molecule has 1 aromatic carbocycles. The summed E-state index contributed by atoms with van der Waals surface area (Å²) in [5.41, 5.74) is 7.87. The second-order valence-electron chi connectivity index (χ2n) is 4.34. The monoisotopic (exact) mass is 270 g/mol. The van der Waals surface area contributed by atoms with Crippen molar-refractivity contribution in [1.29, 1.82) is 0 Å². The van der Waals surface area contributed by atoms with Crippen LogP contribution in [0.25, 0.3) is 0 Å². The third kappa shape index (κ3) is 3.09. The van der Waals surface area contributed by atoms with E-state index in [9.17, 15) is 0 Å². The minimum absolute atomic E-state index is 0.549. The van der Waals surface area contributed by atoms with Crippen LogP contribution in [0.3, 0.4) is 0 Å². The van der Waals surface area contributed by atoms with Gasteiger partial charge in [-0.05, 0) is 24.1 Å². The van der Waals surface area contributed by atoms with Gasteiger partial charge in [0.25, 0.3) is 0 Å². The quantitative estimate of drug-likeness (QED) is 0.915. The minimum Gasteiger partial charge on any atom is -0.368 e. The summed E-state index contributed by atoms with van der Waals surface area (Å²) in [6, 6.07) is 6.16. The lowest BCUT2D eigenvalue weighted by atomic mass is 10.2. The van der Waals surface area contributed by atoms with Gasteiger partial charge in [-0.25, -0.2) is 0 Å². The van der Waals surface area contributed by atoms with E-state index in [2.05, 4.69) is 35.7 Å². The highest BCUT2D eigenvalue weighted by Gasteiger charge is 2.20. The fourth-order valence-electron chi connectivity index (χ4n) is 2.12. The van der Waals surface area contributed by atoms with Gasteiger partial charge in [0.15, 0.2) is 0 Å². The number of rotatable bonds is 3. The molecule has 2 N–H and O–H groups in total. The maximum Gasteiger partial charge on any atom is 0.0642 e. The van der Waals surface area contributed by atoms with Crippen LogP contribution in [0.2, 0.25) is 5.02 Å². The number of thioether (sulfide) groups is 1. The van der Waals surface area contributed by atoms with E-state index in [0.29, 0.717) is 6.54 Å². The van der Waals surface area contributed by atoms with Crippen molar-refractivity contribution in [2.45, 2.75) is 25.1 Å². The smallest absolute Gasteiger partial charge is 0.0642 e. The number of hydrogen-bond donors (Lipinski definition) is 1. The Kier molecular flexibility index (Phi) is 4.60. The highest BCUT2D eigenvalue weighted by Crippen LogP contribution is 2.31.